The number of benzene rings is 2. The van der Waals surface area contributed by atoms with E-state index in [-0.39, 0.29) is 0 Å². The van der Waals surface area contributed by atoms with Gasteiger partial charge in [-0.2, -0.15) is 0 Å². The maximum Gasteiger partial charge on any atom is 0.143 e. The van der Waals surface area contributed by atoms with Crippen molar-refractivity contribution in [3.63, 3.8) is 0 Å². The van der Waals surface area contributed by atoms with Gasteiger partial charge in [0.2, 0.25) is 0 Å². The topological polar surface area (TPSA) is 28.3 Å². The van der Waals surface area contributed by atoms with E-state index >= 15 is 0 Å². The molecule has 1 aromatic heterocycles. The van der Waals surface area contributed by atoms with Crippen LogP contribution in [0.15, 0.2) is 54.7 Å². The fourth-order valence-corrected chi connectivity index (χ4v) is 2.51. The molecule has 0 aliphatic rings. The maximum atomic E-state index is 5.98. The molecule has 0 aliphatic heterocycles. The second-order valence-corrected chi connectivity index (χ2v) is 5.50. The Balaban J connectivity index is 1.84. The van der Waals surface area contributed by atoms with Crippen LogP contribution in [0.2, 0.25) is 0 Å². The van der Waals surface area contributed by atoms with Gasteiger partial charge in [-0.1, -0.05) is 42.5 Å². The molecular weight excluding hydrogens is 260 g/mol. The van der Waals surface area contributed by atoms with Crippen molar-refractivity contribution in [1.82, 2.24) is 9.88 Å². The normalized spacial score (nSPS) is 11.2. The van der Waals surface area contributed by atoms with Gasteiger partial charge in [-0.25, -0.2) is 0 Å². The third kappa shape index (κ3) is 3.09. The van der Waals surface area contributed by atoms with E-state index in [1.54, 1.807) is 0 Å². The second kappa shape index (κ2) is 6.02. The number of rotatable bonds is 5. The van der Waals surface area contributed by atoms with E-state index in [0.717, 1.165) is 17.8 Å². The van der Waals surface area contributed by atoms with Crippen molar-refractivity contribution in [1.29, 1.82) is 0 Å². The van der Waals surface area contributed by atoms with Crippen molar-refractivity contribution >= 4 is 10.9 Å². The SMILES string of the molecule is CN(C)Cc1c[nH]c2c(OCc3ccccc3)cccc12. The first kappa shape index (κ1) is 13.7. The van der Waals surface area contributed by atoms with E-state index < -0.39 is 0 Å². The Morgan fingerprint density at radius 1 is 1.00 bits per heavy atom. The summed E-state index contributed by atoms with van der Waals surface area (Å²) in [4.78, 5) is 5.51. The molecule has 0 radical (unpaired) electrons. The lowest BCUT2D eigenvalue weighted by molar-refractivity contribution is 0.309. The number of aromatic amines is 1. The monoisotopic (exact) mass is 280 g/mol. The van der Waals surface area contributed by atoms with E-state index in [4.69, 9.17) is 4.74 Å². The summed E-state index contributed by atoms with van der Waals surface area (Å²) < 4.78 is 5.98. The highest BCUT2D eigenvalue weighted by atomic mass is 16.5. The predicted molar refractivity (Wildman–Crippen MR) is 86.5 cm³/mol. The number of H-pyrrole nitrogens is 1. The van der Waals surface area contributed by atoms with Gasteiger partial charge in [0.25, 0.3) is 0 Å². The molecule has 0 amide bonds. The van der Waals surface area contributed by atoms with E-state index in [1.165, 1.54) is 16.5 Å². The van der Waals surface area contributed by atoms with Crippen molar-refractivity contribution < 1.29 is 4.74 Å². The molecule has 2 aromatic carbocycles. The summed E-state index contributed by atoms with van der Waals surface area (Å²) in [5.41, 5.74) is 3.54. The quantitative estimate of drug-likeness (QED) is 0.770. The van der Waals surface area contributed by atoms with E-state index in [2.05, 4.69) is 54.4 Å². The highest BCUT2D eigenvalue weighted by Gasteiger charge is 2.09. The van der Waals surface area contributed by atoms with Crippen molar-refractivity contribution in [2.45, 2.75) is 13.2 Å². The Morgan fingerprint density at radius 3 is 2.57 bits per heavy atom. The number of ether oxygens (including phenoxy) is 1. The molecular formula is C18H20N2O. The van der Waals surface area contributed by atoms with Gasteiger partial charge in [-0.15, -0.1) is 0 Å². The van der Waals surface area contributed by atoms with Gasteiger partial charge in [-0.05, 0) is 31.3 Å². The summed E-state index contributed by atoms with van der Waals surface area (Å²) in [6.45, 7) is 1.50. The number of fused-ring (bicyclic) bond motifs is 1. The van der Waals surface area contributed by atoms with E-state index in [0.29, 0.717) is 6.61 Å². The van der Waals surface area contributed by atoms with Crippen LogP contribution in [0.5, 0.6) is 5.75 Å². The minimum Gasteiger partial charge on any atom is -0.487 e. The molecule has 0 saturated heterocycles. The number of nitrogens with zero attached hydrogens (tertiary/aromatic N) is 1. The summed E-state index contributed by atoms with van der Waals surface area (Å²) in [6, 6.07) is 16.4. The summed E-state index contributed by atoms with van der Waals surface area (Å²) in [7, 11) is 4.16. The number of nitrogens with one attached hydrogen (secondary N) is 1. The summed E-state index contributed by atoms with van der Waals surface area (Å²) in [5, 5.41) is 1.23. The van der Waals surface area contributed by atoms with Crippen LogP contribution in [-0.4, -0.2) is 24.0 Å². The molecule has 0 aliphatic carbocycles. The third-order valence-electron chi connectivity index (χ3n) is 3.49. The predicted octanol–water partition coefficient (Wildman–Crippen LogP) is 3.81. The highest BCUT2D eigenvalue weighted by molar-refractivity contribution is 5.88. The molecule has 21 heavy (non-hydrogen) atoms. The number of hydrogen-bond donors (Lipinski definition) is 1. The Hall–Kier alpha value is -2.26. The number of para-hydroxylation sites is 1. The first-order valence-electron chi connectivity index (χ1n) is 7.14. The Labute approximate surface area is 125 Å². The van der Waals surface area contributed by atoms with Crippen molar-refractivity contribution in [2.75, 3.05) is 14.1 Å². The molecule has 0 bridgehead atoms. The molecule has 3 nitrogen and oxygen atoms in total. The molecule has 1 heterocycles. The fraction of sp³-hybridized carbons (Fsp3) is 0.222. The lowest BCUT2D eigenvalue weighted by Gasteiger charge is -2.09. The summed E-state index contributed by atoms with van der Waals surface area (Å²) >= 11 is 0. The van der Waals surface area contributed by atoms with Crippen LogP contribution in [0.4, 0.5) is 0 Å². The van der Waals surface area contributed by atoms with Gasteiger partial charge in [0.15, 0.2) is 0 Å². The number of hydrogen-bond acceptors (Lipinski definition) is 2. The van der Waals surface area contributed by atoms with Crippen LogP contribution >= 0.6 is 0 Å². The molecule has 1 N–H and O–H groups in total. The molecule has 0 saturated carbocycles. The van der Waals surface area contributed by atoms with Crippen molar-refractivity contribution in [3.05, 3.63) is 65.9 Å². The molecule has 0 spiro atoms. The minimum absolute atomic E-state index is 0.585. The smallest absolute Gasteiger partial charge is 0.143 e. The van der Waals surface area contributed by atoms with Crippen LogP contribution < -0.4 is 4.74 Å². The van der Waals surface area contributed by atoms with Crippen LogP contribution in [0, 0.1) is 0 Å². The Kier molecular flexibility index (Phi) is 3.93. The molecule has 3 heteroatoms. The zero-order valence-electron chi connectivity index (χ0n) is 12.5. The standard InChI is InChI=1S/C18H20N2O/c1-20(2)12-15-11-19-18-16(15)9-6-10-17(18)21-13-14-7-4-3-5-8-14/h3-11,19H,12-13H2,1-2H3. The number of aromatic nitrogens is 1. The second-order valence-electron chi connectivity index (χ2n) is 5.50. The summed E-state index contributed by atoms with van der Waals surface area (Å²) in [6.07, 6.45) is 2.07. The molecule has 3 aromatic rings. The first-order chi connectivity index (χ1) is 10.2. The molecule has 0 atom stereocenters. The van der Waals surface area contributed by atoms with Crippen molar-refractivity contribution in [2.24, 2.45) is 0 Å². The van der Waals surface area contributed by atoms with Crippen molar-refractivity contribution in [3.8, 4) is 5.75 Å². The van der Waals surface area contributed by atoms with Gasteiger partial charge < -0.3 is 14.6 Å². The lowest BCUT2D eigenvalue weighted by atomic mass is 10.1. The maximum absolute atomic E-state index is 5.98. The van der Waals surface area contributed by atoms with Gasteiger partial charge in [0.05, 0.1) is 5.52 Å². The van der Waals surface area contributed by atoms with Gasteiger partial charge in [-0.3, -0.25) is 0 Å². The fourth-order valence-electron chi connectivity index (χ4n) is 2.51. The van der Waals surface area contributed by atoms with Crippen LogP contribution in [0.1, 0.15) is 11.1 Å². The zero-order valence-corrected chi connectivity index (χ0v) is 12.5. The average Bonchev–Trinajstić information content (AvgIpc) is 2.89. The van der Waals surface area contributed by atoms with Crippen LogP contribution in [0.3, 0.4) is 0 Å². The van der Waals surface area contributed by atoms with Gasteiger partial charge >= 0.3 is 0 Å². The Morgan fingerprint density at radius 2 is 1.81 bits per heavy atom. The summed E-state index contributed by atoms with van der Waals surface area (Å²) in [5.74, 6) is 0.904. The molecule has 108 valence electrons. The molecule has 0 unspecified atom stereocenters. The molecule has 3 rings (SSSR count). The van der Waals surface area contributed by atoms with Gasteiger partial charge in [0.1, 0.15) is 12.4 Å². The largest absolute Gasteiger partial charge is 0.487 e. The molecule has 0 fully saturated rings. The highest BCUT2D eigenvalue weighted by Crippen LogP contribution is 2.28. The minimum atomic E-state index is 0.585. The third-order valence-corrected chi connectivity index (χ3v) is 3.49. The van der Waals surface area contributed by atoms with E-state index in [1.807, 2.05) is 24.3 Å². The van der Waals surface area contributed by atoms with Crippen LogP contribution in [-0.2, 0) is 13.2 Å². The van der Waals surface area contributed by atoms with Crippen LogP contribution in [0.25, 0.3) is 10.9 Å². The first-order valence-corrected chi connectivity index (χ1v) is 7.14. The Bertz CT molecular complexity index is 716. The zero-order chi connectivity index (χ0) is 14.7. The van der Waals surface area contributed by atoms with Gasteiger partial charge in [0, 0.05) is 18.1 Å². The average molecular weight is 280 g/mol. The lowest BCUT2D eigenvalue weighted by Crippen LogP contribution is -2.10. The van der Waals surface area contributed by atoms with E-state index in [9.17, 15) is 0 Å².